The number of hydrogen-bond donors (Lipinski definition) is 0. The monoisotopic (exact) mass is 461 g/mol. The second-order valence-corrected chi connectivity index (χ2v) is 10.9. The first-order valence-electron chi connectivity index (χ1n) is 12.3. The van der Waals surface area contributed by atoms with Crippen LogP contribution >= 0.6 is 0 Å². The van der Waals surface area contributed by atoms with E-state index in [0.717, 1.165) is 5.76 Å². The summed E-state index contributed by atoms with van der Waals surface area (Å²) in [6, 6.07) is 14.9. The molecule has 0 spiro atoms. The highest BCUT2D eigenvalue weighted by atomic mass is 19.1. The van der Waals surface area contributed by atoms with Crippen LogP contribution in [0.3, 0.4) is 0 Å². The average molecular weight is 462 g/mol. The lowest BCUT2D eigenvalue weighted by Gasteiger charge is -2.42. The summed E-state index contributed by atoms with van der Waals surface area (Å²) in [5.74, 6) is 0.538. The molecule has 0 fully saturated rings. The third-order valence-electron chi connectivity index (χ3n) is 7.53. The molecular formula is C30H36FNO2. The summed E-state index contributed by atoms with van der Waals surface area (Å²) in [5, 5.41) is 0. The summed E-state index contributed by atoms with van der Waals surface area (Å²) in [6.45, 7) is 14.1. The number of halogens is 1. The lowest BCUT2D eigenvalue weighted by Crippen LogP contribution is -2.34. The van der Waals surface area contributed by atoms with Crippen LogP contribution in [0.5, 0.6) is 0 Å². The van der Waals surface area contributed by atoms with Crippen molar-refractivity contribution in [3.63, 3.8) is 0 Å². The molecule has 4 heteroatoms. The molecule has 180 valence electrons. The van der Waals surface area contributed by atoms with Gasteiger partial charge in [0.1, 0.15) is 11.6 Å². The summed E-state index contributed by atoms with van der Waals surface area (Å²) < 4.78 is 20.1. The predicted molar refractivity (Wildman–Crippen MR) is 135 cm³/mol. The lowest BCUT2D eigenvalue weighted by molar-refractivity contribution is 0.0717. The highest BCUT2D eigenvalue weighted by Crippen LogP contribution is 2.46. The van der Waals surface area contributed by atoms with Gasteiger partial charge in [-0.3, -0.25) is 4.79 Å². The number of benzene rings is 2. The number of nitrogens with zero attached hydrogens (tertiary/aromatic N) is 1. The van der Waals surface area contributed by atoms with E-state index in [1.54, 1.807) is 29.2 Å². The molecule has 3 aromatic rings. The average Bonchev–Trinajstić information content (AvgIpc) is 3.25. The molecule has 1 amide bonds. The van der Waals surface area contributed by atoms with Crippen LogP contribution in [0.4, 0.5) is 4.39 Å². The van der Waals surface area contributed by atoms with Gasteiger partial charge in [0.05, 0.1) is 0 Å². The number of hydrogen-bond acceptors (Lipinski definition) is 2. The zero-order chi connectivity index (χ0) is 24.7. The Labute approximate surface area is 203 Å². The Bertz CT molecular complexity index is 1200. The summed E-state index contributed by atoms with van der Waals surface area (Å²) in [5.41, 5.74) is 6.19. The van der Waals surface area contributed by atoms with Crippen molar-refractivity contribution in [2.75, 3.05) is 6.54 Å². The molecule has 1 aliphatic carbocycles. The van der Waals surface area contributed by atoms with Crippen molar-refractivity contribution in [2.24, 2.45) is 0 Å². The van der Waals surface area contributed by atoms with E-state index in [1.165, 1.54) is 41.2 Å². The van der Waals surface area contributed by atoms with E-state index in [1.807, 2.05) is 13.0 Å². The molecule has 0 unspecified atom stereocenters. The maximum atomic E-state index is 14.1. The molecular weight excluding hydrogens is 425 g/mol. The molecule has 0 atom stereocenters. The van der Waals surface area contributed by atoms with E-state index < -0.39 is 0 Å². The summed E-state index contributed by atoms with van der Waals surface area (Å²) >= 11 is 0. The standard InChI is InChI=1S/C30H36FNO2/c1-7-32(19-21-10-8-9-11-26(21)31)28(33)27-13-12-23(34-27)17-22-18-25-24(16-20(22)2)29(3,4)14-15-30(25,5)6/h8-13,16,18H,7,14-15,17,19H2,1-6H3. The number of amides is 1. The van der Waals surface area contributed by atoms with Crippen molar-refractivity contribution in [1.82, 2.24) is 4.90 Å². The second kappa shape index (κ2) is 9.05. The van der Waals surface area contributed by atoms with Crippen LogP contribution in [0, 0.1) is 12.7 Å². The summed E-state index contributed by atoms with van der Waals surface area (Å²) in [4.78, 5) is 14.7. The smallest absolute Gasteiger partial charge is 0.289 e. The quantitative estimate of drug-likeness (QED) is 0.385. The SMILES string of the molecule is CCN(Cc1ccccc1F)C(=O)c1ccc(Cc2cc3c(cc2C)C(C)(C)CCC3(C)C)o1. The molecule has 3 nitrogen and oxygen atoms in total. The molecule has 0 radical (unpaired) electrons. The fourth-order valence-corrected chi connectivity index (χ4v) is 5.05. The van der Waals surface area contributed by atoms with Crippen LogP contribution in [-0.2, 0) is 23.8 Å². The highest BCUT2D eigenvalue weighted by Gasteiger charge is 2.37. The topological polar surface area (TPSA) is 33.5 Å². The number of carbonyl (C=O) groups is 1. The molecule has 0 bridgehead atoms. The van der Waals surface area contributed by atoms with Crippen molar-refractivity contribution in [3.8, 4) is 0 Å². The number of aryl methyl sites for hydroxylation is 1. The summed E-state index contributed by atoms with van der Waals surface area (Å²) in [6.07, 6.45) is 3.00. The zero-order valence-corrected chi connectivity index (χ0v) is 21.3. The fourth-order valence-electron chi connectivity index (χ4n) is 5.05. The van der Waals surface area contributed by atoms with Crippen LogP contribution < -0.4 is 0 Å². The molecule has 0 aliphatic heterocycles. The minimum Gasteiger partial charge on any atom is -0.456 e. The van der Waals surface area contributed by atoms with Gasteiger partial charge in [0, 0.05) is 25.1 Å². The van der Waals surface area contributed by atoms with Crippen LogP contribution in [0.2, 0.25) is 0 Å². The minimum absolute atomic E-state index is 0.145. The van der Waals surface area contributed by atoms with Gasteiger partial charge >= 0.3 is 0 Å². The van der Waals surface area contributed by atoms with Gasteiger partial charge in [-0.15, -0.1) is 0 Å². The molecule has 1 aromatic heterocycles. The first kappa shape index (κ1) is 24.3. The van der Waals surface area contributed by atoms with Crippen molar-refractivity contribution >= 4 is 5.91 Å². The van der Waals surface area contributed by atoms with E-state index in [2.05, 4.69) is 46.8 Å². The Morgan fingerprint density at radius 1 is 0.971 bits per heavy atom. The van der Waals surface area contributed by atoms with E-state index in [9.17, 15) is 9.18 Å². The Morgan fingerprint density at radius 3 is 2.26 bits per heavy atom. The number of furan rings is 1. The molecule has 4 rings (SSSR count). The highest BCUT2D eigenvalue weighted by molar-refractivity contribution is 5.91. The first-order chi connectivity index (χ1) is 16.0. The largest absolute Gasteiger partial charge is 0.456 e. The van der Waals surface area contributed by atoms with Gasteiger partial charge in [-0.05, 0) is 78.0 Å². The first-order valence-corrected chi connectivity index (χ1v) is 12.3. The third-order valence-corrected chi connectivity index (χ3v) is 7.53. The molecule has 34 heavy (non-hydrogen) atoms. The van der Waals surface area contributed by atoms with Gasteiger partial charge in [-0.1, -0.05) is 58.0 Å². The Kier molecular flexibility index (Phi) is 6.46. The maximum Gasteiger partial charge on any atom is 0.289 e. The minimum atomic E-state index is -0.303. The predicted octanol–water partition coefficient (Wildman–Crippen LogP) is 7.33. The molecule has 0 saturated heterocycles. The van der Waals surface area contributed by atoms with E-state index in [-0.39, 0.29) is 29.1 Å². The second-order valence-electron chi connectivity index (χ2n) is 10.9. The molecule has 1 heterocycles. The lowest BCUT2D eigenvalue weighted by atomic mass is 9.62. The summed E-state index contributed by atoms with van der Waals surface area (Å²) in [7, 11) is 0. The third kappa shape index (κ3) is 4.68. The Balaban J connectivity index is 1.56. The van der Waals surface area contributed by atoms with Crippen LogP contribution in [0.1, 0.15) is 91.6 Å². The molecule has 2 aromatic carbocycles. The zero-order valence-electron chi connectivity index (χ0n) is 21.3. The van der Waals surface area contributed by atoms with E-state index >= 15 is 0 Å². The van der Waals surface area contributed by atoms with Crippen LogP contribution in [0.15, 0.2) is 52.9 Å². The number of carbonyl (C=O) groups excluding carboxylic acids is 1. The van der Waals surface area contributed by atoms with Crippen molar-refractivity contribution in [2.45, 2.75) is 78.2 Å². The Morgan fingerprint density at radius 2 is 1.62 bits per heavy atom. The number of rotatable bonds is 6. The van der Waals surface area contributed by atoms with Crippen LogP contribution in [-0.4, -0.2) is 17.4 Å². The Hall–Kier alpha value is -2.88. The fraction of sp³-hybridized carbons (Fsp3) is 0.433. The van der Waals surface area contributed by atoms with Crippen LogP contribution in [0.25, 0.3) is 0 Å². The molecule has 0 saturated carbocycles. The van der Waals surface area contributed by atoms with Crippen molar-refractivity contribution in [3.05, 3.63) is 93.7 Å². The normalized spacial score (nSPS) is 16.2. The van der Waals surface area contributed by atoms with Gasteiger partial charge < -0.3 is 9.32 Å². The van der Waals surface area contributed by atoms with Crippen molar-refractivity contribution in [1.29, 1.82) is 0 Å². The molecule has 1 aliphatic rings. The van der Waals surface area contributed by atoms with Gasteiger partial charge in [-0.25, -0.2) is 4.39 Å². The van der Waals surface area contributed by atoms with Gasteiger partial charge in [0.25, 0.3) is 5.91 Å². The molecule has 0 N–H and O–H groups in total. The maximum absolute atomic E-state index is 14.1. The number of fused-ring (bicyclic) bond motifs is 1. The van der Waals surface area contributed by atoms with Gasteiger partial charge in [0.2, 0.25) is 0 Å². The van der Waals surface area contributed by atoms with Gasteiger partial charge in [-0.2, -0.15) is 0 Å². The van der Waals surface area contributed by atoms with Crippen molar-refractivity contribution < 1.29 is 13.6 Å². The van der Waals surface area contributed by atoms with E-state index in [0.29, 0.717) is 24.3 Å². The van der Waals surface area contributed by atoms with Gasteiger partial charge in [0.15, 0.2) is 5.76 Å². The van der Waals surface area contributed by atoms with E-state index in [4.69, 9.17) is 4.42 Å².